The molecule has 43 heavy (non-hydrogen) atoms. The SMILES string of the molecule is CO[C@@]12C=C3C(=O)c4c(O)c5c(c(CC=C(C)C)c4O[C@@]34C(C1)C(C)(C)OC4(C/C=C(\C)C(=O)O)C2=O)OC(C)(C)C=C5. The second-order valence-electron chi connectivity index (χ2n) is 13.6. The molecule has 1 aromatic carbocycles. The van der Waals surface area contributed by atoms with Gasteiger partial charge in [0, 0.05) is 36.2 Å². The highest BCUT2D eigenvalue weighted by molar-refractivity contribution is 6.20. The van der Waals surface area contributed by atoms with Crippen molar-refractivity contribution in [2.75, 3.05) is 7.11 Å². The number of carboxylic acids is 1. The zero-order valence-corrected chi connectivity index (χ0v) is 25.8. The highest BCUT2D eigenvalue weighted by atomic mass is 16.6. The van der Waals surface area contributed by atoms with Crippen LogP contribution in [0, 0.1) is 5.92 Å². The van der Waals surface area contributed by atoms with Gasteiger partial charge in [0.25, 0.3) is 0 Å². The van der Waals surface area contributed by atoms with Crippen LogP contribution in [0.5, 0.6) is 17.2 Å². The van der Waals surface area contributed by atoms with Gasteiger partial charge in [-0.25, -0.2) is 4.79 Å². The quantitative estimate of drug-likeness (QED) is 0.336. The maximum Gasteiger partial charge on any atom is 0.330 e. The molecule has 0 radical (unpaired) electrons. The third-order valence-corrected chi connectivity index (χ3v) is 9.78. The first-order valence-electron chi connectivity index (χ1n) is 14.6. The number of carbonyl (C=O) groups excluding carboxylic acids is 2. The Bertz CT molecular complexity index is 1630. The van der Waals surface area contributed by atoms with Crippen molar-refractivity contribution in [1.82, 2.24) is 0 Å². The number of ketones is 2. The fourth-order valence-corrected chi connectivity index (χ4v) is 7.66. The summed E-state index contributed by atoms with van der Waals surface area (Å²) in [7, 11) is 1.42. The second-order valence-corrected chi connectivity index (χ2v) is 13.6. The van der Waals surface area contributed by atoms with Crippen molar-refractivity contribution in [3.8, 4) is 17.2 Å². The van der Waals surface area contributed by atoms with Crippen molar-refractivity contribution >= 4 is 23.6 Å². The minimum Gasteiger partial charge on any atom is -0.506 e. The van der Waals surface area contributed by atoms with Gasteiger partial charge in [-0.3, -0.25) is 9.59 Å². The second kappa shape index (κ2) is 8.92. The number of methoxy groups -OCH3 is 1. The number of aliphatic carboxylic acids is 1. The molecule has 9 heteroatoms. The Morgan fingerprint density at radius 3 is 2.42 bits per heavy atom. The lowest BCUT2D eigenvalue weighted by molar-refractivity contribution is -0.190. The Morgan fingerprint density at radius 2 is 1.79 bits per heavy atom. The van der Waals surface area contributed by atoms with Crippen molar-refractivity contribution in [2.45, 2.75) is 95.7 Å². The van der Waals surface area contributed by atoms with E-state index in [0.717, 1.165) is 5.57 Å². The zero-order valence-electron chi connectivity index (χ0n) is 25.8. The van der Waals surface area contributed by atoms with Gasteiger partial charge in [0.15, 0.2) is 17.0 Å². The number of Topliss-reactive ketones (excluding diaryl/α,β-unsaturated/α-hetero) is 2. The number of fused-ring (bicyclic) bond motifs is 2. The molecule has 6 aliphatic rings. The standard InChI is InChI=1S/C34H38O9/c1-17(2)9-10-20-26-19(12-13-30(4,5)41-26)24(35)23-25(36)21-15-32(40-8)16-22-31(6,7)43-33(29(32)39,14-11-18(3)28(37)38)34(21,22)42-27(20)23/h9,11-13,15,22,35H,10,14,16H2,1-8H3,(H,37,38)/b18-11+/t22?,32-,33?,34+/m0/s1. The molecule has 4 atom stereocenters. The number of ether oxygens (including phenoxy) is 4. The van der Waals surface area contributed by atoms with Crippen LogP contribution in [-0.2, 0) is 25.5 Å². The Morgan fingerprint density at radius 1 is 1.09 bits per heavy atom. The summed E-state index contributed by atoms with van der Waals surface area (Å²) in [4.78, 5) is 41.1. The molecule has 0 amide bonds. The molecule has 3 aliphatic carbocycles. The van der Waals surface area contributed by atoms with E-state index in [1.54, 1.807) is 6.08 Å². The monoisotopic (exact) mass is 590 g/mol. The summed E-state index contributed by atoms with van der Waals surface area (Å²) in [5, 5.41) is 21.3. The summed E-state index contributed by atoms with van der Waals surface area (Å²) in [5.74, 6) is -2.27. The maximum atomic E-state index is 14.7. The van der Waals surface area contributed by atoms with Crippen molar-refractivity contribution in [3.05, 3.63) is 57.7 Å². The molecule has 0 aromatic heterocycles. The number of hydrogen-bond donors (Lipinski definition) is 2. The van der Waals surface area contributed by atoms with Crippen LogP contribution in [0.3, 0.4) is 0 Å². The Balaban J connectivity index is 1.69. The van der Waals surface area contributed by atoms with Gasteiger partial charge in [0.1, 0.15) is 34.0 Å². The van der Waals surface area contributed by atoms with E-state index in [1.165, 1.54) is 26.2 Å². The largest absolute Gasteiger partial charge is 0.506 e. The van der Waals surface area contributed by atoms with Crippen LogP contribution in [-0.4, -0.2) is 62.9 Å². The Kier molecular flexibility index (Phi) is 6.10. The van der Waals surface area contributed by atoms with Gasteiger partial charge in [-0.2, -0.15) is 0 Å². The fourth-order valence-electron chi connectivity index (χ4n) is 7.66. The summed E-state index contributed by atoms with van der Waals surface area (Å²) in [6, 6.07) is 0. The van der Waals surface area contributed by atoms with E-state index in [1.807, 2.05) is 53.7 Å². The van der Waals surface area contributed by atoms with Crippen LogP contribution in [0.15, 0.2) is 41.0 Å². The number of allylic oxidation sites excluding steroid dienone is 2. The van der Waals surface area contributed by atoms with Gasteiger partial charge in [-0.05, 0) is 79.5 Å². The lowest BCUT2D eigenvalue weighted by atomic mass is 9.49. The predicted molar refractivity (Wildman–Crippen MR) is 158 cm³/mol. The van der Waals surface area contributed by atoms with Crippen LogP contribution < -0.4 is 9.47 Å². The summed E-state index contributed by atoms with van der Waals surface area (Å²) in [6.07, 6.45) is 8.96. The Labute approximate surface area is 250 Å². The summed E-state index contributed by atoms with van der Waals surface area (Å²) >= 11 is 0. The number of carbonyl (C=O) groups is 3. The molecule has 228 valence electrons. The molecule has 7 rings (SSSR count). The minimum absolute atomic E-state index is 0.00314. The summed E-state index contributed by atoms with van der Waals surface area (Å²) < 4.78 is 26.1. The van der Waals surface area contributed by atoms with Gasteiger partial charge in [-0.15, -0.1) is 0 Å². The van der Waals surface area contributed by atoms with E-state index in [-0.39, 0.29) is 41.1 Å². The van der Waals surface area contributed by atoms with E-state index in [4.69, 9.17) is 18.9 Å². The Hall–Kier alpha value is -3.69. The highest BCUT2D eigenvalue weighted by Crippen LogP contribution is 2.70. The zero-order chi connectivity index (χ0) is 31.5. The van der Waals surface area contributed by atoms with Crippen molar-refractivity contribution in [1.29, 1.82) is 0 Å². The van der Waals surface area contributed by atoms with E-state index in [0.29, 0.717) is 23.3 Å². The number of benzene rings is 1. The average Bonchev–Trinajstić information content (AvgIpc) is 3.08. The first-order valence-corrected chi connectivity index (χ1v) is 14.6. The number of phenols is 1. The molecule has 1 aromatic rings. The molecule has 9 nitrogen and oxygen atoms in total. The van der Waals surface area contributed by atoms with Crippen LogP contribution >= 0.6 is 0 Å². The lowest BCUT2D eigenvalue weighted by Crippen LogP contribution is -2.77. The van der Waals surface area contributed by atoms with Crippen molar-refractivity contribution in [2.24, 2.45) is 5.92 Å². The van der Waals surface area contributed by atoms with Gasteiger partial charge >= 0.3 is 5.97 Å². The van der Waals surface area contributed by atoms with Gasteiger partial charge in [0.2, 0.25) is 5.78 Å². The smallest absolute Gasteiger partial charge is 0.330 e. The van der Waals surface area contributed by atoms with E-state index < -0.39 is 51.5 Å². The molecular weight excluding hydrogens is 552 g/mol. The number of rotatable bonds is 6. The number of aromatic hydroxyl groups is 1. The minimum atomic E-state index is -1.77. The number of hydrogen-bond acceptors (Lipinski definition) is 8. The van der Waals surface area contributed by atoms with Gasteiger partial charge in [-0.1, -0.05) is 17.7 Å². The first-order chi connectivity index (χ1) is 20.0. The summed E-state index contributed by atoms with van der Waals surface area (Å²) in [5.41, 5.74) is -4.32. The summed E-state index contributed by atoms with van der Waals surface area (Å²) in [6.45, 7) is 12.9. The van der Waals surface area contributed by atoms with Crippen LogP contribution in [0.4, 0.5) is 0 Å². The van der Waals surface area contributed by atoms with Gasteiger partial charge < -0.3 is 29.2 Å². The molecule has 1 saturated carbocycles. The first kappa shape index (κ1) is 29.4. The third kappa shape index (κ3) is 3.67. The van der Waals surface area contributed by atoms with Gasteiger partial charge in [0.05, 0.1) is 11.2 Å². The van der Waals surface area contributed by atoms with Crippen molar-refractivity contribution in [3.63, 3.8) is 0 Å². The molecule has 2 fully saturated rings. The molecule has 2 N–H and O–H groups in total. The predicted octanol–water partition coefficient (Wildman–Crippen LogP) is 5.28. The van der Waals surface area contributed by atoms with Crippen LogP contribution in [0.1, 0.15) is 82.8 Å². The normalized spacial score (nSPS) is 32.2. The van der Waals surface area contributed by atoms with Crippen molar-refractivity contribution < 1.29 is 43.5 Å². The van der Waals surface area contributed by atoms with E-state index in [9.17, 15) is 24.6 Å². The van der Waals surface area contributed by atoms with E-state index >= 15 is 0 Å². The molecule has 1 saturated heterocycles. The lowest BCUT2D eigenvalue weighted by Gasteiger charge is -2.59. The molecule has 4 bridgehead atoms. The molecule has 1 spiro atoms. The highest BCUT2D eigenvalue weighted by Gasteiger charge is 2.84. The molecule has 3 aliphatic heterocycles. The topological polar surface area (TPSA) is 129 Å². The van der Waals surface area contributed by atoms with E-state index in [2.05, 4.69) is 0 Å². The van der Waals surface area contributed by atoms with Crippen LogP contribution in [0.25, 0.3) is 6.08 Å². The molecule has 3 heterocycles. The van der Waals surface area contributed by atoms with Crippen LogP contribution in [0.2, 0.25) is 0 Å². The average molecular weight is 591 g/mol. The number of carboxylic acid groups (broad SMARTS) is 1. The fraction of sp³-hybridized carbons (Fsp3) is 0.500. The number of phenolic OH excluding ortho intramolecular Hbond substituents is 1. The molecule has 2 unspecified atom stereocenters. The molecular formula is C34H38O9. The maximum absolute atomic E-state index is 14.7. The third-order valence-electron chi connectivity index (χ3n) is 9.78.